The zero-order valence-electron chi connectivity index (χ0n) is 18.9. The fraction of sp³-hybridized carbons (Fsp3) is 0.640. The van der Waals surface area contributed by atoms with Crippen LogP contribution in [0.3, 0.4) is 0 Å². The lowest BCUT2D eigenvalue weighted by Crippen LogP contribution is -2.44. The summed E-state index contributed by atoms with van der Waals surface area (Å²) in [5, 5.41) is 9.85. The fourth-order valence-electron chi connectivity index (χ4n) is 5.53. The van der Waals surface area contributed by atoms with Crippen molar-refractivity contribution in [3.05, 3.63) is 35.9 Å². The van der Waals surface area contributed by atoms with Crippen LogP contribution in [-0.2, 0) is 4.74 Å². The molecule has 0 bridgehead atoms. The lowest BCUT2D eigenvalue weighted by Gasteiger charge is -2.45. The quantitative estimate of drug-likeness (QED) is 0.498. The standard InChI is InChI=1S/C25H36O4/c1-16(2)25(6)13-12-24(5)11-10-23(3,4)15-20(21(24)25)29-22(27)17-8-9-18(26)19(14-17)28-7/h8-11,14,16,20-21,26H,12-13,15H2,1-7H3/t20-,21?,24-,25-/m0/s1. The van der Waals surface area contributed by atoms with Gasteiger partial charge in [-0.2, -0.15) is 0 Å². The molecular formula is C25H36O4. The van der Waals surface area contributed by atoms with Gasteiger partial charge in [-0.05, 0) is 59.6 Å². The van der Waals surface area contributed by atoms with Gasteiger partial charge in [-0.3, -0.25) is 0 Å². The number of allylic oxidation sites excluding steroid dienone is 2. The average molecular weight is 401 g/mol. The topological polar surface area (TPSA) is 55.8 Å². The van der Waals surface area contributed by atoms with Crippen molar-refractivity contribution < 1.29 is 19.4 Å². The Morgan fingerprint density at radius 2 is 1.83 bits per heavy atom. The van der Waals surface area contributed by atoms with Crippen LogP contribution in [0.1, 0.15) is 71.2 Å². The molecule has 4 atom stereocenters. The molecule has 1 unspecified atom stereocenters. The number of esters is 1. The maximum atomic E-state index is 13.1. The van der Waals surface area contributed by atoms with Crippen LogP contribution in [0.2, 0.25) is 0 Å². The van der Waals surface area contributed by atoms with Crippen molar-refractivity contribution in [3.8, 4) is 11.5 Å². The number of hydrogen-bond donors (Lipinski definition) is 1. The highest BCUT2D eigenvalue weighted by molar-refractivity contribution is 5.90. The minimum absolute atomic E-state index is 0.0135. The van der Waals surface area contributed by atoms with Crippen LogP contribution < -0.4 is 4.74 Å². The van der Waals surface area contributed by atoms with Crippen molar-refractivity contribution in [2.75, 3.05) is 7.11 Å². The first-order chi connectivity index (χ1) is 13.4. The third kappa shape index (κ3) is 3.91. The van der Waals surface area contributed by atoms with E-state index in [0.29, 0.717) is 11.5 Å². The number of methoxy groups -OCH3 is 1. The number of carbonyl (C=O) groups is 1. The van der Waals surface area contributed by atoms with Gasteiger partial charge in [0.1, 0.15) is 6.10 Å². The van der Waals surface area contributed by atoms with Gasteiger partial charge in [-0.15, -0.1) is 0 Å². The van der Waals surface area contributed by atoms with E-state index >= 15 is 0 Å². The molecule has 29 heavy (non-hydrogen) atoms. The lowest BCUT2D eigenvalue weighted by atomic mass is 9.62. The van der Waals surface area contributed by atoms with Gasteiger partial charge in [-0.1, -0.05) is 53.7 Å². The van der Waals surface area contributed by atoms with Gasteiger partial charge in [0.25, 0.3) is 0 Å². The van der Waals surface area contributed by atoms with E-state index in [4.69, 9.17) is 9.47 Å². The molecule has 1 aromatic rings. The first-order valence-electron chi connectivity index (χ1n) is 10.7. The Balaban J connectivity index is 1.97. The Morgan fingerprint density at radius 3 is 2.45 bits per heavy atom. The Labute approximate surface area is 175 Å². The zero-order chi connectivity index (χ0) is 21.6. The van der Waals surface area contributed by atoms with E-state index in [2.05, 4.69) is 53.7 Å². The van der Waals surface area contributed by atoms with Crippen LogP contribution >= 0.6 is 0 Å². The maximum absolute atomic E-state index is 13.1. The van der Waals surface area contributed by atoms with Gasteiger partial charge < -0.3 is 14.6 Å². The number of fused-ring (bicyclic) bond motifs is 1. The number of rotatable bonds is 4. The van der Waals surface area contributed by atoms with Crippen LogP contribution in [-0.4, -0.2) is 24.3 Å². The summed E-state index contributed by atoms with van der Waals surface area (Å²) in [6.07, 6.45) is 7.59. The first kappa shape index (κ1) is 21.7. The van der Waals surface area contributed by atoms with Gasteiger partial charge >= 0.3 is 5.97 Å². The number of hydrogen-bond acceptors (Lipinski definition) is 4. The largest absolute Gasteiger partial charge is 0.504 e. The molecule has 1 N–H and O–H groups in total. The van der Waals surface area contributed by atoms with Gasteiger partial charge in [0.05, 0.1) is 12.7 Å². The Hall–Kier alpha value is -1.97. The van der Waals surface area contributed by atoms with E-state index in [1.165, 1.54) is 13.2 Å². The summed E-state index contributed by atoms with van der Waals surface area (Å²) in [4.78, 5) is 13.1. The molecule has 160 valence electrons. The SMILES string of the molecule is COc1cc(C(=O)O[C@H]2CC(C)(C)C=C[C@@]3(C)CC[C@@](C)(C(C)C)C23)ccc1O. The molecular weight excluding hydrogens is 364 g/mol. The van der Waals surface area contributed by atoms with E-state index in [0.717, 1.165) is 19.3 Å². The number of carbonyl (C=O) groups excluding carboxylic acids is 1. The summed E-state index contributed by atoms with van der Waals surface area (Å²) >= 11 is 0. The molecule has 1 fully saturated rings. The van der Waals surface area contributed by atoms with Crippen LogP contribution in [0.5, 0.6) is 11.5 Å². The number of aromatic hydroxyl groups is 1. The van der Waals surface area contributed by atoms with E-state index < -0.39 is 0 Å². The number of ether oxygens (including phenoxy) is 2. The normalized spacial score (nSPS) is 33.2. The second kappa shape index (κ2) is 7.37. The average Bonchev–Trinajstić information content (AvgIpc) is 2.87. The van der Waals surface area contributed by atoms with Crippen molar-refractivity contribution in [1.29, 1.82) is 0 Å². The molecule has 0 heterocycles. The van der Waals surface area contributed by atoms with E-state index in [1.54, 1.807) is 12.1 Å². The molecule has 2 aliphatic rings. The van der Waals surface area contributed by atoms with E-state index in [-0.39, 0.29) is 45.7 Å². The van der Waals surface area contributed by atoms with Crippen LogP contribution in [0.15, 0.2) is 30.4 Å². The van der Waals surface area contributed by atoms with Gasteiger partial charge in [0.15, 0.2) is 11.5 Å². The monoisotopic (exact) mass is 400 g/mol. The van der Waals surface area contributed by atoms with Crippen molar-refractivity contribution in [3.63, 3.8) is 0 Å². The molecule has 0 aliphatic heterocycles. The predicted octanol–water partition coefficient (Wildman–Crippen LogP) is 5.99. The minimum Gasteiger partial charge on any atom is -0.504 e. The van der Waals surface area contributed by atoms with Crippen LogP contribution in [0.4, 0.5) is 0 Å². The second-order valence-electron chi connectivity index (χ2n) is 10.5. The van der Waals surface area contributed by atoms with Crippen LogP contribution in [0.25, 0.3) is 0 Å². The first-order valence-corrected chi connectivity index (χ1v) is 10.7. The highest BCUT2D eigenvalue weighted by Crippen LogP contribution is 2.62. The van der Waals surface area contributed by atoms with E-state index in [9.17, 15) is 9.90 Å². The Bertz CT molecular complexity index is 809. The van der Waals surface area contributed by atoms with Crippen molar-refractivity contribution in [1.82, 2.24) is 0 Å². The second-order valence-corrected chi connectivity index (χ2v) is 10.5. The highest BCUT2D eigenvalue weighted by Gasteiger charge is 2.57. The van der Waals surface area contributed by atoms with Gasteiger partial charge in [0.2, 0.25) is 0 Å². The lowest BCUT2D eigenvalue weighted by molar-refractivity contribution is -0.0486. The molecule has 4 nitrogen and oxygen atoms in total. The third-order valence-corrected chi connectivity index (χ3v) is 7.63. The Morgan fingerprint density at radius 1 is 1.14 bits per heavy atom. The minimum atomic E-state index is -0.355. The smallest absolute Gasteiger partial charge is 0.338 e. The number of phenols is 1. The Kier molecular flexibility index (Phi) is 5.53. The fourth-order valence-corrected chi connectivity index (χ4v) is 5.53. The maximum Gasteiger partial charge on any atom is 0.338 e. The third-order valence-electron chi connectivity index (χ3n) is 7.63. The molecule has 0 aromatic heterocycles. The summed E-state index contributed by atoms with van der Waals surface area (Å²) in [7, 11) is 1.47. The van der Waals surface area contributed by atoms with Crippen molar-refractivity contribution >= 4 is 5.97 Å². The van der Waals surface area contributed by atoms with E-state index in [1.807, 2.05) is 0 Å². The molecule has 0 radical (unpaired) electrons. The molecule has 0 amide bonds. The molecule has 4 heteroatoms. The summed E-state index contributed by atoms with van der Waals surface area (Å²) in [5.74, 6) is 0.695. The zero-order valence-corrected chi connectivity index (χ0v) is 18.9. The molecule has 0 saturated heterocycles. The van der Waals surface area contributed by atoms with Gasteiger partial charge in [0, 0.05) is 5.92 Å². The van der Waals surface area contributed by atoms with Gasteiger partial charge in [-0.25, -0.2) is 4.79 Å². The predicted molar refractivity (Wildman–Crippen MR) is 115 cm³/mol. The molecule has 1 aromatic carbocycles. The summed E-state index contributed by atoms with van der Waals surface area (Å²) in [6.45, 7) is 13.7. The molecule has 2 aliphatic carbocycles. The number of benzene rings is 1. The van der Waals surface area contributed by atoms with Crippen molar-refractivity contribution in [2.24, 2.45) is 28.1 Å². The summed E-state index contributed by atoms with van der Waals surface area (Å²) < 4.78 is 11.4. The molecule has 0 spiro atoms. The molecule has 3 rings (SSSR count). The summed E-state index contributed by atoms with van der Waals surface area (Å²) in [5.41, 5.74) is 0.491. The number of phenolic OH excluding ortho intramolecular Hbond substituents is 1. The molecule has 1 saturated carbocycles. The summed E-state index contributed by atoms with van der Waals surface area (Å²) in [6, 6.07) is 4.62. The van der Waals surface area contributed by atoms with Crippen LogP contribution in [0, 0.1) is 28.1 Å². The van der Waals surface area contributed by atoms with Crippen molar-refractivity contribution in [2.45, 2.75) is 66.9 Å². The highest BCUT2D eigenvalue weighted by atomic mass is 16.5.